The highest BCUT2D eigenvalue weighted by Crippen LogP contribution is 2.35. The number of rotatable bonds is 4. The van der Waals surface area contributed by atoms with Gasteiger partial charge in [-0.05, 0) is 33.2 Å². The van der Waals surface area contributed by atoms with E-state index in [2.05, 4.69) is 24.2 Å². The second kappa shape index (κ2) is 6.70. The minimum atomic E-state index is -0.646. The Balaban J connectivity index is 1.49. The van der Waals surface area contributed by atoms with Crippen LogP contribution in [0.25, 0.3) is 0 Å². The van der Waals surface area contributed by atoms with Crippen LogP contribution in [0.2, 0.25) is 0 Å². The van der Waals surface area contributed by atoms with Crippen LogP contribution in [0, 0.1) is 0 Å². The van der Waals surface area contributed by atoms with E-state index in [1.807, 2.05) is 4.90 Å². The van der Waals surface area contributed by atoms with Crippen LogP contribution in [0.15, 0.2) is 0 Å². The Morgan fingerprint density at radius 2 is 1.96 bits per heavy atom. The third-order valence-corrected chi connectivity index (χ3v) is 5.63. The van der Waals surface area contributed by atoms with Gasteiger partial charge in [0.15, 0.2) is 0 Å². The molecule has 3 fully saturated rings. The lowest BCUT2D eigenvalue weighted by atomic mass is 9.98. The summed E-state index contributed by atoms with van der Waals surface area (Å²) in [5.74, 6) is 0.0312. The summed E-state index contributed by atoms with van der Waals surface area (Å²) in [6, 6.07) is -0.0722. The molecule has 1 N–H and O–H groups in total. The lowest BCUT2D eigenvalue weighted by Gasteiger charge is -2.38. The van der Waals surface area contributed by atoms with Crippen LogP contribution < -0.4 is 5.32 Å². The third kappa shape index (κ3) is 3.14. The topological polar surface area (TPSA) is 73.0 Å². The first-order valence-corrected chi connectivity index (χ1v) is 9.05. The lowest BCUT2D eigenvalue weighted by molar-refractivity contribution is -0.136. The quantitative estimate of drug-likeness (QED) is 0.771. The van der Waals surface area contributed by atoms with Crippen LogP contribution in [0.4, 0.5) is 4.79 Å². The summed E-state index contributed by atoms with van der Waals surface area (Å²) in [6.45, 7) is 4.94. The van der Waals surface area contributed by atoms with Crippen molar-refractivity contribution in [2.75, 3.05) is 33.2 Å². The van der Waals surface area contributed by atoms with Gasteiger partial charge in [0.25, 0.3) is 5.91 Å². The van der Waals surface area contributed by atoms with E-state index in [0.29, 0.717) is 19.4 Å². The summed E-state index contributed by atoms with van der Waals surface area (Å²) < 4.78 is 0. The van der Waals surface area contributed by atoms with Crippen molar-refractivity contribution < 1.29 is 14.4 Å². The molecule has 2 aliphatic heterocycles. The molecule has 1 spiro atoms. The molecule has 2 heterocycles. The van der Waals surface area contributed by atoms with Crippen molar-refractivity contribution in [2.24, 2.45) is 0 Å². The minimum absolute atomic E-state index is 0.0922. The number of carbonyl (C=O) groups is 3. The van der Waals surface area contributed by atoms with Crippen LogP contribution in [-0.4, -0.2) is 77.4 Å². The fourth-order valence-corrected chi connectivity index (χ4v) is 4.24. The second-order valence-corrected chi connectivity index (χ2v) is 7.48. The number of piperazine rings is 1. The van der Waals surface area contributed by atoms with Crippen LogP contribution in [0.5, 0.6) is 0 Å². The van der Waals surface area contributed by atoms with Gasteiger partial charge in [-0.3, -0.25) is 14.5 Å². The number of imide groups is 1. The largest absolute Gasteiger partial charge is 0.337 e. The molecule has 0 bridgehead atoms. The predicted molar refractivity (Wildman–Crippen MR) is 89.3 cm³/mol. The molecule has 3 rings (SSSR count). The third-order valence-electron chi connectivity index (χ3n) is 5.63. The van der Waals surface area contributed by atoms with Crippen molar-refractivity contribution in [3.8, 4) is 0 Å². The fraction of sp³-hybridized carbons (Fsp3) is 0.824. The number of amides is 4. The first-order chi connectivity index (χ1) is 11.4. The molecule has 4 amide bonds. The molecule has 7 nitrogen and oxygen atoms in total. The molecule has 0 aromatic heterocycles. The van der Waals surface area contributed by atoms with Crippen LogP contribution >= 0.6 is 0 Å². The molecule has 1 saturated carbocycles. The number of nitrogens with zero attached hydrogens (tertiary/aromatic N) is 3. The monoisotopic (exact) mass is 336 g/mol. The zero-order valence-corrected chi connectivity index (χ0v) is 14.7. The van der Waals surface area contributed by atoms with Gasteiger partial charge in [0, 0.05) is 38.6 Å². The normalized spacial score (nSPS) is 27.2. The van der Waals surface area contributed by atoms with Crippen LogP contribution in [0.3, 0.4) is 0 Å². The van der Waals surface area contributed by atoms with Crippen LogP contribution in [-0.2, 0) is 9.59 Å². The van der Waals surface area contributed by atoms with E-state index in [4.69, 9.17) is 0 Å². The average molecular weight is 336 g/mol. The zero-order chi connectivity index (χ0) is 17.3. The maximum Gasteiger partial charge on any atom is 0.325 e. The average Bonchev–Trinajstić information content (AvgIpc) is 3.08. The predicted octanol–water partition coefficient (Wildman–Crippen LogP) is 0.794. The standard InChI is InChI=1S/C17H28N4O3/c1-13-12-19(2)10-11-20(13)14(22)6-5-9-21-15(23)17(18-16(21)24)7-3-4-8-17/h13H,3-12H2,1-2H3,(H,18,24). The van der Waals surface area contributed by atoms with Gasteiger partial charge >= 0.3 is 6.03 Å². The molecular formula is C17H28N4O3. The van der Waals surface area contributed by atoms with Gasteiger partial charge in [-0.15, -0.1) is 0 Å². The van der Waals surface area contributed by atoms with Gasteiger partial charge in [-0.1, -0.05) is 12.8 Å². The van der Waals surface area contributed by atoms with Crippen molar-refractivity contribution in [3.05, 3.63) is 0 Å². The van der Waals surface area contributed by atoms with Gasteiger partial charge in [0.1, 0.15) is 5.54 Å². The second-order valence-electron chi connectivity index (χ2n) is 7.48. The SMILES string of the molecule is CC1CN(C)CCN1C(=O)CCCN1C(=O)NC2(CCCC2)C1=O. The molecule has 134 valence electrons. The fourth-order valence-electron chi connectivity index (χ4n) is 4.24. The molecule has 1 atom stereocenters. The Kier molecular flexibility index (Phi) is 4.80. The maximum absolute atomic E-state index is 12.5. The van der Waals surface area contributed by atoms with Crippen molar-refractivity contribution in [1.29, 1.82) is 0 Å². The van der Waals surface area contributed by atoms with E-state index >= 15 is 0 Å². The molecule has 0 aromatic carbocycles. The van der Waals surface area contributed by atoms with Gasteiger partial charge in [0.2, 0.25) is 5.91 Å². The van der Waals surface area contributed by atoms with Crippen LogP contribution in [0.1, 0.15) is 45.4 Å². The van der Waals surface area contributed by atoms with Crippen molar-refractivity contribution >= 4 is 17.8 Å². The van der Waals surface area contributed by atoms with Gasteiger partial charge in [0.05, 0.1) is 0 Å². The molecule has 1 aliphatic carbocycles. The number of likely N-dealkylation sites (N-methyl/N-ethyl adjacent to an activating group) is 1. The lowest BCUT2D eigenvalue weighted by Crippen LogP contribution is -2.52. The molecule has 2 saturated heterocycles. The van der Waals surface area contributed by atoms with E-state index in [9.17, 15) is 14.4 Å². The zero-order valence-electron chi connectivity index (χ0n) is 14.7. The highest BCUT2D eigenvalue weighted by Gasteiger charge is 2.52. The molecular weight excluding hydrogens is 308 g/mol. The minimum Gasteiger partial charge on any atom is -0.337 e. The van der Waals surface area contributed by atoms with Crippen molar-refractivity contribution in [2.45, 2.75) is 57.0 Å². The highest BCUT2D eigenvalue weighted by atomic mass is 16.2. The first kappa shape index (κ1) is 17.2. The van der Waals surface area contributed by atoms with Crippen molar-refractivity contribution in [3.63, 3.8) is 0 Å². The molecule has 24 heavy (non-hydrogen) atoms. The summed E-state index contributed by atoms with van der Waals surface area (Å²) in [6.07, 6.45) is 4.38. The van der Waals surface area contributed by atoms with E-state index in [-0.39, 0.29) is 23.9 Å². The molecule has 1 unspecified atom stereocenters. The molecule has 0 aromatic rings. The Labute approximate surface area is 143 Å². The Morgan fingerprint density at radius 3 is 2.62 bits per heavy atom. The number of carbonyl (C=O) groups excluding carboxylic acids is 3. The molecule has 0 radical (unpaired) electrons. The number of hydrogen-bond acceptors (Lipinski definition) is 4. The first-order valence-electron chi connectivity index (χ1n) is 9.05. The summed E-state index contributed by atoms with van der Waals surface area (Å²) in [5.41, 5.74) is -0.646. The van der Waals surface area contributed by atoms with E-state index < -0.39 is 5.54 Å². The maximum atomic E-state index is 12.5. The summed E-state index contributed by atoms with van der Waals surface area (Å²) >= 11 is 0. The van der Waals surface area contributed by atoms with Gasteiger partial charge in [-0.2, -0.15) is 0 Å². The van der Waals surface area contributed by atoms with E-state index in [1.54, 1.807) is 0 Å². The number of hydrogen-bond donors (Lipinski definition) is 1. The molecule has 3 aliphatic rings. The van der Waals surface area contributed by atoms with Crippen molar-refractivity contribution in [1.82, 2.24) is 20.0 Å². The Morgan fingerprint density at radius 1 is 1.25 bits per heavy atom. The van der Waals surface area contributed by atoms with Gasteiger partial charge in [-0.25, -0.2) is 4.79 Å². The smallest absolute Gasteiger partial charge is 0.325 e. The van der Waals surface area contributed by atoms with Gasteiger partial charge < -0.3 is 15.1 Å². The molecule has 7 heteroatoms. The van der Waals surface area contributed by atoms with E-state index in [1.165, 1.54) is 4.90 Å². The summed E-state index contributed by atoms with van der Waals surface area (Å²) in [7, 11) is 2.06. The number of nitrogens with one attached hydrogen (secondary N) is 1. The summed E-state index contributed by atoms with van der Waals surface area (Å²) in [5, 5.41) is 2.88. The highest BCUT2D eigenvalue weighted by molar-refractivity contribution is 6.07. The van der Waals surface area contributed by atoms with E-state index in [0.717, 1.165) is 45.3 Å². The number of urea groups is 1. The Bertz CT molecular complexity index is 530. The Hall–Kier alpha value is -1.63. The summed E-state index contributed by atoms with van der Waals surface area (Å²) in [4.78, 5) is 42.5.